The largest absolute Gasteiger partial charge is 0.508 e. The van der Waals surface area contributed by atoms with E-state index < -0.39 is 20.4 Å². The Morgan fingerprint density at radius 3 is 1.15 bits per heavy atom. The zero-order chi connectivity index (χ0) is 61.4. The molecule has 8 aromatic rings. The molecule has 10 rings (SSSR count). The number of ether oxygens (including phenoxy) is 5. The van der Waals surface area contributed by atoms with Gasteiger partial charge in [-0.2, -0.15) is 25.9 Å². The summed E-state index contributed by atoms with van der Waals surface area (Å²) in [6.07, 6.45) is 6.32. The van der Waals surface area contributed by atoms with Crippen LogP contribution < -0.4 is 22.8 Å². The van der Waals surface area contributed by atoms with E-state index in [4.69, 9.17) is 63.6 Å². The first-order valence-electron chi connectivity index (χ1n) is 27.0. The highest BCUT2D eigenvalue weighted by Gasteiger charge is 2.36. The van der Waals surface area contributed by atoms with E-state index in [1.165, 1.54) is 12.9 Å². The second-order valence-corrected chi connectivity index (χ2v) is 25.3. The number of hydrogen-bond donors (Lipinski definition) is 2. The summed E-state index contributed by atoms with van der Waals surface area (Å²) in [6, 6.07) is 52.7. The first kappa shape index (κ1) is 69.7. The minimum atomic E-state index is -3.53. The summed E-state index contributed by atoms with van der Waals surface area (Å²) in [6.45, 7) is 6.66. The van der Waals surface area contributed by atoms with Crippen LogP contribution >= 0.6 is 82.6 Å². The Labute approximate surface area is 545 Å². The minimum Gasteiger partial charge on any atom is -0.508 e. The number of pyridine rings is 2. The van der Waals surface area contributed by atoms with Crippen molar-refractivity contribution in [1.82, 2.24) is 19.0 Å². The van der Waals surface area contributed by atoms with Crippen molar-refractivity contribution in [3.8, 4) is 50.6 Å². The maximum atomic E-state index is 12.7. The lowest BCUT2D eigenvalue weighted by molar-refractivity contribution is 0.0937. The Bertz CT molecular complexity index is 3360. The molecule has 2 N–H and O–H groups in total. The second kappa shape index (κ2) is 38.1. The molecule has 2 saturated heterocycles. The van der Waals surface area contributed by atoms with Crippen LogP contribution in [0.4, 0.5) is 11.4 Å². The number of alkyl halides is 3. The number of benzene rings is 6. The average Bonchev–Trinajstić information content (AvgIpc) is 3.70. The summed E-state index contributed by atoms with van der Waals surface area (Å²) in [5.74, 6) is 1.88. The van der Waals surface area contributed by atoms with Crippen molar-refractivity contribution in [3.05, 3.63) is 210 Å². The monoisotopic (exact) mass is 1460 g/mol. The molecule has 4 heterocycles. The van der Waals surface area contributed by atoms with Gasteiger partial charge in [0.25, 0.3) is 0 Å². The number of rotatable bonds is 22. The van der Waals surface area contributed by atoms with E-state index in [0.717, 1.165) is 84.1 Å². The van der Waals surface area contributed by atoms with Crippen LogP contribution in [0.2, 0.25) is 15.1 Å². The predicted octanol–water partition coefficient (Wildman–Crippen LogP) is 13.9. The van der Waals surface area contributed by atoms with E-state index in [1.54, 1.807) is 61.2 Å². The van der Waals surface area contributed by atoms with Gasteiger partial charge in [-0.1, -0.05) is 155 Å². The number of anilines is 2. The molecule has 458 valence electrons. The van der Waals surface area contributed by atoms with Crippen molar-refractivity contribution < 1.29 is 45.6 Å². The lowest BCUT2D eigenvalue weighted by Gasteiger charge is -2.19. The molecule has 2 fully saturated rings. The summed E-state index contributed by atoms with van der Waals surface area (Å²) >= 11 is 27.4. The average molecular weight is 1470 g/mol. The number of hydrogen-bond acceptors (Lipinski definition) is 12. The zero-order valence-electron chi connectivity index (χ0n) is 46.7. The third kappa shape index (κ3) is 24.0. The van der Waals surface area contributed by atoms with Gasteiger partial charge in [0.05, 0.1) is 51.0 Å². The molecule has 2 aromatic heterocycles. The Hall–Kier alpha value is -5.37. The lowest BCUT2D eigenvalue weighted by atomic mass is 10.1. The van der Waals surface area contributed by atoms with E-state index >= 15 is 0 Å². The van der Waals surface area contributed by atoms with Gasteiger partial charge in [0, 0.05) is 88.6 Å². The first-order valence-corrected chi connectivity index (χ1v) is 34.3. The molecule has 86 heavy (non-hydrogen) atoms. The molecule has 0 atom stereocenters. The smallest absolute Gasteiger partial charge is 0.304 e. The number of nitrogens with zero attached hydrogens (tertiary/aromatic N) is 5. The van der Waals surface area contributed by atoms with Crippen molar-refractivity contribution in [1.29, 1.82) is 0 Å². The molecule has 6 aromatic carbocycles. The molecule has 0 aliphatic carbocycles. The molecule has 2 aliphatic rings. The Kier molecular flexibility index (Phi) is 30.9. The van der Waals surface area contributed by atoms with Gasteiger partial charge in [0.15, 0.2) is 0 Å². The quantitative estimate of drug-likeness (QED) is 0.0485. The Morgan fingerprint density at radius 2 is 0.779 bits per heavy atom. The highest BCUT2D eigenvalue weighted by atomic mass is 79.9. The number of nitrogens with one attached hydrogen (secondary N) is 1. The lowest BCUT2D eigenvalue weighted by Crippen LogP contribution is -2.35. The summed E-state index contributed by atoms with van der Waals surface area (Å²) in [4.78, 5) is 7.76. The highest BCUT2D eigenvalue weighted by molar-refractivity contribution is 9.09. The summed E-state index contributed by atoms with van der Waals surface area (Å²) in [7, 11) is -6.81. The standard InChI is InChI=1S/C23H24ClN3O4S.C16H16BrClO2.C12H9ClO.C7H9N3O2S.C4H8Br2O/c24-21-5-1-19(2-6-21)20-3-7-23(8-4-20)31-18-17-30-16-15-26-13-14-27(32(26,28)29)22-9-11-25-12-10-22;17-9-10-19-11-12-20-16-7-3-14(4-8-16)13-1-5-15(18)6-2-13;13-11-5-1-9(2-6-11)10-3-7-12(14)8-4-10;11-13(12)9-5-6-10(13)7-1-3-8-4-2-7;5-1-3-7-4-2-6/h1-12H,13-18H2;1-8H,9-12H2;1-8,14H;1-4,9H,5-6H2;1-4H2. The summed E-state index contributed by atoms with van der Waals surface area (Å²) in [5.41, 5.74) is 7.89. The van der Waals surface area contributed by atoms with Crippen molar-refractivity contribution in [2.45, 2.75) is 0 Å². The number of aromatic hydroxyl groups is 1. The third-order valence-electron chi connectivity index (χ3n) is 12.2. The zero-order valence-corrected chi connectivity index (χ0v) is 55.4. The summed E-state index contributed by atoms with van der Waals surface area (Å²) in [5, 5.41) is 14.0. The maximum Gasteiger partial charge on any atom is 0.304 e. The van der Waals surface area contributed by atoms with Gasteiger partial charge in [-0.3, -0.25) is 18.6 Å². The van der Waals surface area contributed by atoms with Crippen LogP contribution in [0.15, 0.2) is 195 Å². The molecule has 2 aliphatic heterocycles. The molecule has 0 unspecified atom stereocenters. The van der Waals surface area contributed by atoms with Gasteiger partial charge in [0.2, 0.25) is 0 Å². The molecule has 16 nitrogen and oxygen atoms in total. The number of phenolic OH excluding ortho intramolecular Hbond substituents is 1. The van der Waals surface area contributed by atoms with Crippen molar-refractivity contribution >= 4 is 114 Å². The van der Waals surface area contributed by atoms with Crippen LogP contribution in [0.1, 0.15) is 0 Å². The summed E-state index contributed by atoms with van der Waals surface area (Å²) < 4.78 is 81.9. The maximum absolute atomic E-state index is 12.7. The second-order valence-electron chi connectivity index (χ2n) is 18.1. The molecule has 0 radical (unpaired) electrons. The fraction of sp³-hybridized carbons (Fsp3) is 0.258. The first-order chi connectivity index (χ1) is 41.7. The van der Waals surface area contributed by atoms with Crippen LogP contribution in [0.25, 0.3) is 33.4 Å². The Balaban J connectivity index is 0.000000188. The molecule has 0 amide bonds. The van der Waals surface area contributed by atoms with E-state index in [1.807, 2.05) is 133 Å². The minimum absolute atomic E-state index is 0.280. The van der Waals surface area contributed by atoms with Crippen LogP contribution in [-0.4, -0.2) is 138 Å². The Morgan fingerprint density at radius 1 is 0.430 bits per heavy atom. The van der Waals surface area contributed by atoms with Gasteiger partial charge in [-0.15, -0.1) is 0 Å². The van der Waals surface area contributed by atoms with Crippen LogP contribution in [0, 0.1) is 0 Å². The number of phenols is 1. The highest BCUT2D eigenvalue weighted by Crippen LogP contribution is 2.28. The van der Waals surface area contributed by atoms with E-state index in [2.05, 4.69) is 62.5 Å². The van der Waals surface area contributed by atoms with Gasteiger partial charge in [0.1, 0.15) is 30.5 Å². The number of halogens is 6. The number of aromatic nitrogens is 2. The van der Waals surface area contributed by atoms with Crippen LogP contribution in [0.5, 0.6) is 17.2 Å². The van der Waals surface area contributed by atoms with Crippen molar-refractivity contribution in [2.75, 3.05) is 110 Å². The fourth-order valence-electron chi connectivity index (χ4n) is 7.97. The van der Waals surface area contributed by atoms with Crippen molar-refractivity contribution in [3.63, 3.8) is 0 Å². The van der Waals surface area contributed by atoms with Crippen LogP contribution in [0.3, 0.4) is 0 Å². The molecular weight excluding hydrogens is 1400 g/mol. The third-order valence-corrected chi connectivity index (χ3v) is 17.4. The molecule has 0 spiro atoms. The van der Waals surface area contributed by atoms with Gasteiger partial charge < -0.3 is 28.8 Å². The van der Waals surface area contributed by atoms with E-state index in [-0.39, 0.29) is 5.75 Å². The normalized spacial score (nSPS) is 13.8. The molecule has 0 saturated carbocycles. The van der Waals surface area contributed by atoms with Crippen molar-refractivity contribution in [2.24, 2.45) is 0 Å². The topological polar surface area (TPSA) is 182 Å². The van der Waals surface area contributed by atoms with E-state index in [0.29, 0.717) is 88.8 Å². The van der Waals surface area contributed by atoms with Gasteiger partial charge in [-0.05, 0) is 130 Å². The predicted molar refractivity (Wildman–Crippen MR) is 358 cm³/mol. The SMILES string of the molecule is BrCCOCCBr.Clc1ccc(-c2ccc(OCCOCCBr)cc2)cc1.O=S1(=O)N(CCOCCOc2ccc(-c3ccc(Cl)cc3)cc2)CCN1c1ccncc1.O=S1(=O)NCCN1c1ccncc1.Oc1ccc(-c2ccc(Cl)cc2)cc1. The molecule has 0 bridgehead atoms. The molecule has 24 heteroatoms. The van der Waals surface area contributed by atoms with Gasteiger partial charge in [-0.25, -0.2) is 0 Å². The fourth-order valence-corrected chi connectivity index (χ4v) is 11.9. The van der Waals surface area contributed by atoms with Crippen LogP contribution in [-0.2, 0) is 34.6 Å². The van der Waals surface area contributed by atoms with E-state index in [9.17, 15) is 16.8 Å². The van der Waals surface area contributed by atoms with Gasteiger partial charge >= 0.3 is 20.4 Å². The molecular formula is C62H66Br3Cl3N6O10S2.